The first kappa shape index (κ1) is 12.3. The van der Waals surface area contributed by atoms with E-state index in [1.54, 1.807) is 0 Å². The highest BCUT2D eigenvalue weighted by Crippen LogP contribution is 2.03. The molecule has 1 rings (SSSR count). The number of ketones is 1. The quantitative estimate of drug-likeness (QED) is 0.424. The molecular weight excluding hydrogens is 196 g/mol. The van der Waals surface area contributed by atoms with Gasteiger partial charge in [-0.2, -0.15) is 0 Å². The minimum atomic E-state index is -0.0557. The summed E-state index contributed by atoms with van der Waals surface area (Å²) in [4.78, 5) is 10.5. The lowest BCUT2D eigenvalue weighted by Gasteiger charge is -1.91. The topological polar surface area (TPSA) is 17.1 Å². The van der Waals surface area contributed by atoms with Crippen LogP contribution in [0.2, 0.25) is 0 Å². The molecule has 0 saturated heterocycles. The molecule has 0 unspecified atom stereocenters. The molecule has 0 bridgehead atoms. The number of hydrogen-bond acceptors (Lipinski definition) is 1. The second-order valence-electron chi connectivity index (χ2n) is 3.56. The molecule has 1 nitrogen and oxygen atoms in total. The van der Waals surface area contributed by atoms with Crippen LogP contribution in [0.1, 0.15) is 31.7 Å². The van der Waals surface area contributed by atoms with Gasteiger partial charge in [0.15, 0.2) is 0 Å². The summed E-state index contributed by atoms with van der Waals surface area (Å²) in [5.74, 6) is 5.34. The molecule has 0 amide bonds. The van der Waals surface area contributed by atoms with Gasteiger partial charge in [0.05, 0.1) is 0 Å². The van der Waals surface area contributed by atoms with E-state index in [9.17, 15) is 4.79 Å². The van der Waals surface area contributed by atoms with E-state index in [4.69, 9.17) is 0 Å². The standard InChI is InChI=1S/C15H16O/c1-14(16)10-6-3-2-4-7-11-15-12-8-5-9-13-15/h5,7-9,11-13H,2-4H2,1H3. The van der Waals surface area contributed by atoms with E-state index in [0.29, 0.717) is 0 Å². The van der Waals surface area contributed by atoms with E-state index in [0.717, 1.165) is 19.3 Å². The Morgan fingerprint density at radius 1 is 1.31 bits per heavy atom. The fourth-order valence-electron chi connectivity index (χ4n) is 1.28. The van der Waals surface area contributed by atoms with Gasteiger partial charge in [-0.05, 0) is 24.3 Å². The van der Waals surface area contributed by atoms with Gasteiger partial charge in [0.1, 0.15) is 0 Å². The Labute approximate surface area is 97.2 Å². The summed E-state index contributed by atoms with van der Waals surface area (Å²) in [6.07, 6.45) is 7.05. The Morgan fingerprint density at radius 3 is 2.75 bits per heavy atom. The zero-order valence-corrected chi connectivity index (χ0v) is 9.57. The highest BCUT2D eigenvalue weighted by Gasteiger charge is 1.84. The summed E-state index contributed by atoms with van der Waals surface area (Å²) in [5, 5.41) is 0. The zero-order chi connectivity index (χ0) is 11.6. The summed E-state index contributed by atoms with van der Waals surface area (Å²) in [6, 6.07) is 10.2. The Bertz CT molecular complexity index is 404. The van der Waals surface area contributed by atoms with Crippen LogP contribution in [-0.2, 0) is 4.79 Å². The first-order valence-electron chi connectivity index (χ1n) is 5.50. The van der Waals surface area contributed by atoms with Crippen molar-refractivity contribution in [3.05, 3.63) is 42.0 Å². The molecule has 0 heterocycles. The molecule has 0 aromatic heterocycles. The number of carbonyl (C=O) groups excluding carboxylic acids is 1. The predicted octanol–water partition coefficient (Wildman–Crippen LogP) is 3.46. The molecule has 0 radical (unpaired) electrons. The van der Waals surface area contributed by atoms with Crippen molar-refractivity contribution in [1.82, 2.24) is 0 Å². The van der Waals surface area contributed by atoms with Crippen molar-refractivity contribution in [3.63, 3.8) is 0 Å². The van der Waals surface area contributed by atoms with Crippen molar-refractivity contribution in [2.75, 3.05) is 0 Å². The Kier molecular flexibility index (Phi) is 5.73. The summed E-state index contributed by atoms with van der Waals surface area (Å²) in [7, 11) is 0. The molecule has 0 atom stereocenters. The van der Waals surface area contributed by atoms with Crippen LogP contribution in [0, 0.1) is 11.8 Å². The van der Waals surface area contributed by atoms with Gasteiger partial charge in [-0.25, -0.2) is 0 Å². The normalized spacial score (nSPS) is 9.81. The summed E-state index contributed by atoms with van der Waals surface area (Å²) >= 11 is 0. The van der Waals surface area contributed by atoms with Gasteiger partial charge in [-0.3, -0.25) is 4.79 Å². The fraction of sp³-hybridized carbons (Fsp3) is 0.267. The van der Waals surface area contributed by atoms with Crippen molar-refractivity contribution < 1.29 is 4.79 Å². The molecule has 0 fully saturated rings. The first-order chi connectivity index (χ1) is 7.79. The number of carbonyl (C=O) groups is 1. The Hall–Kier alpha value is -1.81. The van der Waals surface area contributed by atoms with Crippen LogP contribution in [0.5, 0.6) is 0 Å². The van der Waals surface area contributed by atoms with E-state index in [2.05, 4.69) is 36.1 Å². The van der Waals surface area contributed by atoms with E-state index >= 15 is 0 Å². The van der Waals surface area contributed by atoms with Gasteiger partial charge < -0.3 is 0 Å². The second-order valence-corrected chi connectivity index (χ2v) is 3.56. The third-order valence-electron chi connectivity index (χ3n) is 2.05. The molecular formula is C15H16O. The average molecular weight is 212 g/mol. The van der Waals surface area contributed by atoms with Crippen molar-refractivity contribution in [2.45, 2.75) is 26.2 Å². The lowest BCUT2D eigenvalue weighted by molar-refractivity contribution is -0.111. The lowest BCUT2D eigenvalue weighted by Crippen LogP contribution is -1.80. The van der Waals surface area contributed by atoms with Crippen LogP contribution in [0.15, 0.2) is 36.4 Å². The third-order valence-corrected chi connectivity index (χ3v) is 2.05. The SMILES string of the molecule is CC(=O)C#CCCCC=Cc1ccccc1. The highest BCUT2D eigenvalue weighted by molar-refractivity contribution is 5.93. The number of rotatable bonds is 4. The average Bonchev–Trinajstić information content (AvgIpc) is 2.29. The molecule has 1 aromatic rings. The molecule has 0 saturated carbocycles. The number of hydrogen-bond donors (Lipinski definition) is 0. The van der Waals surface area contributed by atoms with Crippen molar-refractivity contribution in [3.8, 4) is 11.8 Å². The monoisotopic (exact) mass is 212 g/mol. The number of allylic oxidation sites excluding steroid dienone is 1. The molecule has 0 aliphatic rings. The van der Waals surface area contributed by atoms with Crippen LogP contribution < -0.4 is 0 Å². The van der Waals surface area contributed by atoms with Gasteiger partial charge in [-0.15, -0.1) is 0 Å². The van der Waals surface area contributed by atoms with Crippen molar-refractivity contribution >= 4 is 11.9 Å². The third kappa shape index (κ3) is 5.82. The van der Waals surface area contributed by atoms with Gasteiger partial charge in [0.25, 0.3) is 0 Å². The number of benzene rings is 1. The van der Waals surface area contributed by atoms with Crippen molar-refractivity contribution in [2.24, 2.45) is 0 Å². The van der Waals surface area contributed by atoms with Gasteiger partial charge >= 0.3 is 0 Å². The summed E-state index contributed by atoms with van der Waals surface area (Å²) in [5.41, 5.74) is 1.22. The van der Waals surface area contributed by atoms with Gasteiger partial charge in [0, 0.05) is 13.3 Å². The van der Waals surface area contributed by atoms with E-state index in [-0.39, 0.29) is 5.78 Å². The molecule has 82 valence electrons. The molecule has 16 heavy (non-hydrogen) atoms. The van der Waals surface area contributed by atoms with Crippen molar-refractivity contribution in [1.29, 1.82) is 0 Å². The lowest BCUT2D eigenvalue weighted by atomic mass is 10.1. The first-order valence-corrected chi connectivity index (χ1v) is 5.50. The number of unbranched alkanes of at least 4 members (excludes halogenated alkanes) is 2. The maximum Gasteiger partial charge on any atom is 0.202 e. The fourth-order valence-corrected chi connectivity index (χ4v) is 1.28. The smallest absolute Gasteiger partial charge is 0.202 e. The molecule has 0 aliphatic carbocycles. The minimum Gasteiger partial charge on any atom is -0.285 e. The second kappa shape index (κ2) is 7.48. The van der Waals surface area contributed by atoms with Gasteiger partial charge in [0.2, 0.25) is 5.78 Å². The Morgan fingerprint density at radius 2 is 2.06 bits per heavy atom. The van der Waals surface area contributed by atoms with Crippen LogP contribution in [0.25, 0.3) is 6.08 Å². The maximum atomic E-state index is 10.5. The largest absolute Gasteiger partial charge is 0.285 e. The number of Topliss-reactive ketones (excluding diaryl/α,β-unsaturated/α-hetero) is 1. The van der Waals surface area contributed by atoms with E-state index in [1.807, 2.05) is 18.2 Å². The van der Waals surface area contributed by atoms with Crippen LogP contribution >= 0.6 is 0 Å². The predicted molar refractivity (Wildman–Crippen MR) is 67.8 cm³/mol. The molecule has 0 aliphatic heterocycles. The maximum absolute atomic E-state index is 10.5. The molecule has 0 N–H and O–H groups in total. The highest BCUT2D eigenvalue weighted by atomic mass is 16.1. The Balaban J connectivity index is 2.20. The molecule has 0 spiro atoms. The summed E-state index contributed by atoms with van der Waals surface area (Å²) < 4.78 is 0. The van der Waals surface area contributed by atoms with Crippen LogP contribution in [0.3, 0.4) is 0 Å². The van der Waals surface area contributed by atoms with E-state index in [1.165, 1.54) is 12.5 Å². The zero-order valence-electron chi connectivity index (χ0n) is 9.57. The molecule has 1 heteroatoms. The van der Waals surface area contributed by atoms with E-state index < -0.39 is 0 Å². The van der Waals surface area contributed by atoms with Crippen LogP contribution in [-0.4, -0.2) is 5.78 Å². The van der Waals surface area contributed by atoms with Crippen LogP contribution in [0.4, 0.5) is 0 Å². The molecule has 1 aromatic carbocycles. The van der Waals surface area contributed by atoms with Gasteiger partial charge in [-0.1, -0.05) is 48.4 Å². The minimum absolute atomic E-state index is 0.0557. The summed E-state index contributed by atoms with van der Waals surface area (Å²) in [6.45, 7) is 1.49.